The molecule has 4 nitrogen and oxygen atoms in total. The molecule has 2 atom stereocenters. The van der Waals surface area contributed by atoms with E-state index < -0.39 is 0 Å². The van der Waals surface area contributed by atoms with Crippen LogP contribution >= 0.6 is 0 Å². The van der Waals surface area contributed by atoms with Gasteiger partial charge in [0.25, 0.3) is 0 Å². The summed E-state index contributed by atoms with van der Waals surface area (Å²) in [6, 6.07) is 0.323. The Kier molecular flexibility index (Phi) is 1.61. The average Bonchev–Trinajstić information content (AvgIpc) is 2.10. The Hall–Kier alpha value is -0.160. The number of nitrogens with one attached hydrogen (secondary N) is 1. The van der Waals surface area contributed by atoms with Crippen molar-refractivity contribution in [2.75, 3.05) is 6.79 Å². The molecule has 0 amide bonds. The van der Waals surface area contributed by atoms with Gasteiger partial charge in [-0.2, -0.15) is 0 Å². The molecule has 2 aliphatic rings. The molecule has 2 rings (SSSR count). The van der Waals surface area contributed by atoms with Crippen LogP contribution in [0.4, 0.5) is 0 Å². The van der Waals surface area contributed by atoms with Crippen LogP contribution in [0.15, 0.2) is 0 Å². The van der Waals surface area contributed by atoms with Gasteiger partial charge < -0.3 is 15.2 Å². The first kappa shape index (κ1) is 6.54. The third kappa shape index (κ3) is 1.03. The predicted molar refractivity (Wildman–Crippen MR) is 35.0 cm³/mol. The van der Waals surface area contributed by atoms with E-state index >= 15 is 0 Å². The van der Waals surface area contributed by atoms with Crippen molar-refractivity contribution in [3.05, 3.63) is 0 Å². The van der Waals surface area contributed by atoms with Crippen molar-refractivity contribution < 1.29 is 9.47 Å². The van der Waals surface area contributed by atoms with Gasteiger partial charge in [-0.25, -0.2) is 0 Å². The molecule has 0 aromatic heterocycles. The molecule has 2 heterocycles. The summed E-state index contributed by atoms with van der Waals surface area (Å²) < 4.78 is 10.2. The van der Waals surface area contributed by atoms with Gasteiger partial charge >= 0.3 is 0 Å². The van der Waals surface area contributed by atoms with Gasteiger partial charge in [0, 0.05) is 0 Å². The van der Waals surface area contributed by atoms with E-state index in [1.165, 1.54) is 0 Å². The molecule has 2 aliphatic heterocycles. The molecule has 4 heteroatoms. The van der Waals surface area contributed by atoms with Gasteiger partial charge in [-0.05, 0) is 12.8 Å². The fourth-order valence-corrected chi connectivity index (χ4v) is 1.39. The molecule has 10 heavy (non-hydrogen) atoms. The molecule has 0 aromatic rings. The second kappa shape index (κ2) is 2.47. The molecule has 3 N–H and O–H groups in total. The van der Waals surface area contributed by atoms with Crippen molar-refractivity contribution >= 4 is 0 Å². The first-order valence-electron chi connectivity index (χ1n) is 3.61. The van der Waals surface area contributed by atoms with Crippen molar-refractivity contribution in [1.29, 1.82) is 0 Å². The van der Waals surface area contributed by atoms with Crippen LogP contribution in [-0.4, -0.2) is 25.3 Å². The second-order valence-corrected chi connectivity index (χ2v) is 2.78. The lowest BCUT2D eigenvalue weighted by Crippen LogP contribution is -2.49. The Bertz CT molecular complexity index is 127. The molecule has 0 radical (unpaired) electrons. The van der Waals surface area contributed by atoms with Crippen molar-refractivity contribution in [2.24, 2.45) is 5.73 Å². The third-order valence-corrected chi connectivity index (χ3v) is 2.01. The first-order chi connectivity index (χ1) is 4.86. The van der Waals surface area contributed by atoms with E-state index in [4.69, 9.17) is 15.2 Å². The van der Waals surface area contributed by atoms with E-state index in [0.717, 1.165) is 12.8 Å². The number of hydrogen-bond donors (Lipinski definition) is 2. The molecule has 0 spiro atoms. The van der Waals surface area contributed by atoms with Gasteiger partial charge in [-0.1, -0.05) is 0 Å². The summed E-state index contributed by atoms with van der Waals surface area (Å²) in [5.41, 5.74) is 5.62. The lowest BCUT2D eigenvalue weighted by atomic mass is 10.2. The number of rotatable bonds is 1. The summed E-state index contributed by atoms with van der Waals surface area (Å²) in [7, 11) is 0. The van der Waals surface area contributed by atoms with Gasteiger partial charge in [0.2, 0.25) is 0 Å². The lowest BCUT2D eigenvalue weighted by molar-refractivity contribution is -0.329. The zero-order valence-electron chi connectivity index (χ0n) is 5.75. The van der Waals surface area contributed by atoms with Crippen molar-refractivity contribution in [3.63, 3.8) is 0 Å². The number of nitrogens with two attached hydrogens (primary N) is 1. The molecular weight excluding hydrogens is 132 g/mol. The van der Waals surface area contributed by atoms with Crippen LogP contribution in [0, 0.1) is 0 Å². The largest absolute Gasteiger partial charge is 0.325 e. The maximum absolute atomic E-state index is 5.62. The van der Waals surface area contributed by atoms with Crippen molar-refractivity contribution in [2.45, 2.75) is 31.3 Å². The fourth-order valence-electron chi connectivity index (χ4n) is 1.39. The summed E-state index contributed by atoms with van der Waals surface area (Å²) in [5.74, 6) is 0. The van der Waals surface area contributed by atoms with E-state index in [1.54, 1.807) is 0 Å². The van der Waals surface area contributed by atoms with E-state index in [2.05, 4.69) is 5.32 Å². The van der Waals surface area contributed by atoms with E-state index in [-0.39, 0.29) is 12.5 Å². The summed E-state index contributed by atoms with van der Waals surface area (Å²) in [6.07, 6.45) is 2.19. The highest BCUT2D eigenvalue weighted by Gasteiger charge is 2.33. The molecule has 2 saturated heterocycles. The van der Waals surface area contributed by atoms with Gasteiger partial charge in [-0.3, -0.25) is 5.32 Å². The van der Waals surface area contributed by atoms with Crippen LogP contribution < -0.4 is 11.1 Å². The summed E-state index contributed by atoms with van der Waals surface area (Å²) in [5, 5.41) is 3.18. The molecule has 0 aliphatic carbocycles. The predicted octanol–water partition coefficient (Wildman–Crippen LogP) is -0.646. The highest BCUT2D eigenvalue weighted by molar-refractivity contribution is 4.83. The highest BCUT2D eigenvalue weighted by Crippen LogP contribution is 2.20. The van der Waals surface area contributed by atoms with Gasteiger partial charge in [0.05, 0.1) is 12.2 Å². The molecule has 0 bridgehead atoms. The van der Waals surface area contributed by atoms with E-state index in [9.17, 15) is 0 Å². The van der Waals surface area contributed by atoms with Crippen LogP contribution in [0.1, 0.15) is 12.8 Å². The van der Waals surface area contributed by atoms with Crippen LogP contribution in [0.5, 0.6) is 0 Å². The quantitative estimate of drug-likeness (QED) is 0.513. The maximum atomic E-state index is 5.62. The van der Waals surface area contributed by atoms with Crippen LogP contribution in [0.25, 0.3) is 0 Å². The van der Waals surface area contributed by atoms with Crippen molar-refractivity contribution in [3.8, 4) is 0 Å². The van der Waals surface area contributed by atoms with E-state index in [0.29, 0.717) is 12.8 Å². The number of ether oxygens (including phenoxy) is 2. The lowest BCUT2D eigenvalue weighted by Gasteiger charge is -2.31. The molecule has 0 saturated carbocycles. The van der Waals surface area contributed by atoms with Gasteiger partial charge in [0.15, 0.2) is 13.1 Å². The SMILES string of the molecule is NC1CCC(C2OCO2)N1. The minimum atomic E-state index is -0.0338. The standard InChI is InChI=1S/C6H12N2O2/c7-5-2-1-4(8-5)6-9-3-10-6/h4-6,8H,1-3,7H2. The minimum Gasteiger partial charge on any atom is -0.325 e. The molecule has 58 valence electrons. The summed E-state index contributed by atoms with van der Waals surface area (Å²) in [4.78, 5) is 0. The van der Waals surface area contributed by atoms with Crippen LogP contribution in [0.2, 0.25) is 0 Å². The second-order valence-electron chi connectivity index (χ2n) is 2.78. The Balaban J connectivity index is 1.82. The summed E-state index contributed by atoms with van der Waals surface area (Å²) in [6.45, 7) is 0.443. The minimum absolute atomic E-state index is 0.0338. The third-order valence-electron chi connectivity index (χ3n) is 2.01. The topological polar surface area (TPSA) is 56.5 Å². The fraction of sp³-hybridized carbons (Fsp3) is 1.00. The zero-order chi connectivity index (χ0) is 6.97. The number of hydrogen-bond acceptors (Lipinski definition) is 4. The first-order valence-corrected chi connectivity index (χ1v) is 3.61. The van der Waals surface area contributed by atoms with Crippen LogP contribution in [-0.2, 0) is 9.47 Å². The Morgan fingerprint density at radius 2 is 2.10 bits per heavy atom. The summed E-state index contributed by atoms with van der Waals surface area (Å²) >= 11 is 0. The Morgan fingerprint density at radius 3 is 2.50 bits per heavy atom. The molecule has 0 aromatic carbocycles. The highest BCUT2D eigenvalue weighted by atomic mass is 16.8. The van der Waals surface area contributed by atoms with Gasteiger partial charge in [-0.15, -0.1) is 0 Å². The van der Waals surface area contributed by atoms with E-state index in [1.807, 2.05) is 0 Å². The smallest absolute Gasteiger partial charge is 0.178 e. The van der Waals surface area contributed by atoms with Gasteiger partial charge in [0.1, 0.15) is 0 Å². The normalized spacial score (nSPS) is 41.7. The zero-order valence-corrected chi connectivity index (χ0v) is 5.75. The average molecular weight is 144 g/mol. The van der Waals surface area contributed by atoms with Crippen molar-refractivity contribution in [1.82, 2.24) is 5.32 Å². The Labute approximate surface area is 59.7 Å². The van der Waals surface area contributed by atoms with Crippen LogP contribution in [0.3, 0.4) is 0 Å². The molecule has 2 fully saturated rings. The monoisotopic (exact) mass is 144 g/mol. The molecular formula is C6H12N2O2. The molecule has 2 unspecified atom stereocenters. The Morgan fingerprint density at radius 1 is 1.30 bits per heavy atom. The maximum Gasteiger partial charge on any atom is 0.178 e.